The molecule has 2 fully saturated rings. The molecule has 0 aromatic heterocycles. The Balaban J connectivity index is 2.04. The second-order valence-electron chi connectivity index (χ2n) is 7.95. The molecular formula is C17H23BF3NO4S. The van der Waals surface area contributed by atoms with Gasteiger partial charge >= 0.3 is 13.3 Å². The van der Waals surface area contributed by atoms with Crippen LogP contribution in [0.1, 0.15) is 46.1 Å². The lowest BCUT2D eigenvalue weighted by Gasteiger charge is -2.32. The molecule has 0 amide bonds. The molecular weight excluding hydrogens is 382 g/mol. The zero-order chi connectivity index (χ0) is 20.3. The summed E-state index contributed by atoms with van der Waals surface area (Å²) in [6, 6.07) is 3.17. The number of hydrogen-bond acceptors (Lipinski definition) is 4. The molecule has 0 spiro atoms. The van der Waals surface area contributed by atoms with Gasteiger partial charge in [-0.2, -0.15) is 17.5 Å². The van der Waals surface area contributed by atoms with Gasteiger partial charge in [-0.15, -0.1) is 0 Å². The van der Waals surface area contributed by atoms with Crippen LogP contribution in [0.5, 0.6) is 0 Å². The summed E-state index contributed by atoms with van der Waals surface area (Å²) in [5, 5.41) is 0. The topological polar surface area (TPSA) is 55.8 Å². The van der Waals surface area contributed by atoms with Crippen LogP contribution in [-0.4, -0.2) is 44.1 Å². The van der Waals surface area contributed by atoms with Gasteiger partial charge in [0.15, 0.2) is 0 Å². The summed E-state index contributed by atoms with van der Waals surface area (Å²) < 4.78 is 79.1. The summed E-state index contributed by atoms with van der Waals surface area (Å²) in [5.41, 5.74) is -2.48. The van der Waals surface area contributed by atoms with Gasteiger partial charge in [0.1, 0.15) is 0 Å². The van der Waals surface area contributed by atoms with Crippen LogP contribution in [0.4, 0.5) is 13.2 Å². The number of sulfonamides is 1. The van der Waals surface area contributed by atoms with Crippen LogP contribution in [0.25, 0.3) is 0 Å². The molecule has 0 bridgehead atoms. The molecule has 2 saturated heterocycles. The molecule has 0 saturated carbocycles. The average Bonchev–Trinajstić information content (AvgIpc) is 3.13. The molecule has 1 aromatic carbocycles. The lowest BCUT2D eigenvalue weighted by molar-refractivity contribution is -0.139. The molecule has 2 heterocycles. The predicted octanol–water partition coefficient (Wildman–Crippen LogP) is 2.79. The highest BCUT2D eigenvalue weighted by atomic mass is 32.2. The van der Waals surface area contributed by atoms with Crippen molar-refractivity contribution in [1.29, 1.82) is 0 Å². The van der Waals surface area contributed by atoms with Crippen LogP contribution < -0.4 is 5.46 Å². The fraction of sp³-hybridized carbons (Fsp3) is 0.647. The van der Waals surface area contributed by atoms with Gasteiger partial charge in [-0.3, -0.25) is 0 Å². The summed E-state index contributed by atoms with van der Waals surface area (Å²) in [7, 11) is -5.21. The van der Waals surface area contributed by atoms with Crippen LogP contribution in [0.2, 0.25) is 0 Å². The normalized spacial score (nSPS) is 23.1. The standard InChI is InChI=1S/C17H23BF3NO4S/c1-15(2)16(3,4)26-18(25-15)12-7-8-14(13(11-12)17(19,20)21)27(23,24)22-9-5-6-10-22/h7-8,11H,5-6,9-10H2,1-4H3. The minimum absolute atomic E-state index is 0.140. The Labute approximate surface area is 158 Å². The molecule has 27 heavy (non-hydrogen) atoms. The number of rotatable bonds is 3. The Morgan fingerprint density at radius 2 is 1.56 bits per heavy atom. The first-order valence-corrected chi connectivity index (χ1v) is 10.3. The second kappa shape index (κ2) is 6.47. The van der Waals surface area contributed by atoms with E-state index in [1.807, 2.05) is 0 Å². The van der Waals surface area contributed by atoms with Crippen LogP contribution in [0.3, 0.4) is 0 Å². The summed E-state index contributed by atoms with van der Waals surface area (Å²) in [4.78, 5) is -0.725. The van der Waals surface area contributed by atoms with Crippen LogP contribution in [0, 0.1) is 0 Å². The van der Waals surface area contributed by atoms with Crippen molar-refractivity contribution in [2.24, 2.45) is 0 Å². The molecule has 10 heteroatoms. The maximum Gasteiger partial charge on any atom is 0.494 e. The highest BCUT2D eigenvalue weighted by Gasteiger charge is 2.52. The molecule has 0 atom stereocenters. The van der Waals surface area contributed by atoms with Crippen LogP contribution >= 0.6 is 0 Å². The third kappa shape index (κ3) is 3.64. The maximum absolute atomic E-state index is 13.7. The Hall–Kier alpha value is -1.10. The predicted molar refractivity (Wildman–Crippen MR) is 95.2 cm³/mol. The molecule has 5 nitrogen and oxygen atoms in total. The van der Waals surface area contributed by atoms with E-state index in [0.29, 0.717) is 12.8 Å². The Morgan fingerprint density at radius 1 is 1.04 bits per heavy atom. The van der Waals surface area contributed by atoms with Crippen molar-refractivity contribution >= 4 is 22.6 Å². The van der Waals surface area contributed by atoms with Gasteiger partial charge in [0.2, 0.25) is 10.0 Å². The zero-order valence-corrected chi connectivity index (χ0v) is 16.6. The van der Waals surface area contributed by atoms with E-state index in [1.165, 1.54) is 6.07 Å². The van der Waals surface area contributed by atoms with Crippen LogP contribution in [0.15, 0.2) is 23.1 Å². The van der Waals surface area contributed by atoms with E-state index in [4.69, 9.17) is 9.31 Å². The van der Waals surface area contributed by atoms with E-state index in [9.17, 15) is 21.6 Å². The van der Waals surface area contributed by atoms with Crippen molar-refractivity contribution in [3.63, 3.8) is 0 Å². The molecule has 2 aliphatic rings. The van der Waals surface area contributed by atoms with Crippen molar-refractivity contribution in [2.45, 2.75) is 62.8 Å². The first kappa shape index (κ1) is 20.6. The van der Waals surface area contributed by atoms with E-state index in [2.05, 4.69) is 0 Å². The minimum atomic E-state index is -4.82. The molecule has 1 aromatic rings. The van der Waals surface area contributed by atoms with Gasteiger partial charge in [-0.05, 0) is 58.1 Å². The van der Waals surface area contributed by atoms with E-state index in [-0.39, 0.29) is 18.6 Å². The summed E-state index contributed by atoms with van der Waals surface area (Å²) in [6.07, 6.45) is -3.53. The third-order valence-corrected chi connectivity index (χ3v) is 7.47. The second-order valence-corrected chi connectivity index (χ2v) is 9.86. The number of benzene rings is 1. The van der Waals surface area contributed by atoms with Gasteiger partial charge in [0.05, 0.1) is 21.7 Å². The minimum Gasteiger partial charge on any atom is -0.399 e. The average molecular weight is 405 g/mol. The van der Waals surface area contributed by atoms with Crippen molar-refractivity contribution in [3.8, 4) is 0 Å². The third-order valence-electron chi connectivity index (χ3n) is 5.52. The fourth-order valence-corrected chi connectivity index (χ4v) is 4.90. The molecule has 150 valence electrons. The Kier molecular flexibility index (Phi) is 4.94. The van der Waals surface area contributed by atoms with E-state index in [0.717, 1.165) is 16.4 Å². The summed E-state index contributed by atoms with van der Waals surface area (Å²) in [6.45, 7) is 7.65. The monoisotopic (exact) mass is 405 g/mol. The zero-order valence-electron chi connectivity index (χ0n) is 15.8. The van der Waals surface area contributed by atoms with Gasteiger partial charge < -0.3 is 9.31 Å². The number of halogens is 3. The van der Waals surface area contributed by atoms with Gasteiger partial charge in [-0.1, -0.05) is 6.07 Å². The van der Waals surface area contributed by atoms with Crippen LogP contribution in [-0.2, 0) is 25.5 Å². The number of hydrogen-bond donors (Lipinski definition) is 0. The largest absolute Gasteiger partial charge is 0.494 e. The molecule has 0 radical (unpaired) electrons. The molecule has 3 rings (SSSR count). The van der Waals surface area contributed by atoms with E-state index >= 15 is 0 Å². The van der Waals surface area contributed by atoms with Crippen molar-refractivity contribution in [2.75, 3.05) is 13.1 Å². The molecule has 0 aliphatic carbocycles. The Bertz CT molecular complexity index is 817. The smallest absolute Gasteiger partial charge is 0.399 e. The molecule has 0 unspecified atom stereocenters. The van der Waals surface area contributed by atoms with Crippen molar-refractivity contribution < 1.29 is 30.9 Å². The first-order valence-electron chi connectivity index (χ1n) is 8.83. The van der Waals surface area contributed by atoms with Gasteiger partial charge in [0, 0.05) is 13.1 Å². The van der Waals surface area contributed by atoms with E-state index < -0.39 is 45.0 Å². The SMILES string of the molecule is CC1(C)OB(c2ccc(S(=O)(=O)N3CCCC3)c(C(F)(F)F)c2)OC1(C)C. The highest BCUT2D eigenvalue weighted by molar-refractivity contribution is 7.89. The van der Waals surface area contributed by atoms with Crippen molar-refractivity contribution in [3.05, 3.63) is 23.8 Å². The Morgan fingerprint density at radius 3 is 2.04 bits per heavy atom. The number of nitrogens with zero attached hydrogens (tertiary/aromatic N) is 1. The van der Waals surface area contributed by atoms with Crippen molar-refractivity contribution in [1.82, 2.24) is 4.31 Å². The molecule has 2 aliphatic heterocycles. The lowest BCUT2D eigenvalue weighted by atomic mass is 9.78. The number of alkyl halides is 3. The van der Waals surface area contributed by atoms with Gasteiger partial charge in [-0.25, -0.2) is 8.42 Å². The lowest BCUT2D eigenvalue weighted by Crippen LogP contribution is -2.41. The first-order chi connectivity index (χ1) is 12.3. The quantitative estimate of drug-likeness (QED) is 0.726. The highest BCUT2D eigenvalue weighted by Crippen LogP contribution is 2.38. The fourth-order valence-electron chi connectivity index (χ4n) is 3.19. The van der Waals surface area contributed by atoms with Gasteiger partial charge in [0.25, 0.3) is 0 Å². The molecule has 0 N–H and O–H groups in total. The summed E-state index contributed by atoms with van der Waals surface area (Å²) >= 11 is 0. The van der Waals surface area contributed by atoms with E-state index in [1.54, 1.807) is 27.7 Å². The summed E-state index contributed by atoms with van der Waals surface area (Å²) in [5.74, 6) is 0. The maximum atomic E-state index is 13.7.